The van der Waals surface area contributed by atoms with Crippen LogP contribution in [0.2, 0.25) is 0 Å². The summed E-state index contributed by atoms with van der Waals surface area (Å²) in [5.41, 5.74) is 1.07. The fourth-order valence-corrected chi connectivity index (χ4v) is 2.11. The number of anilines is 1. The fourth-order valence-electron chi connectivity index (χ4n) is 2.11. The molecule has 16 heavy (non-hydrogen) atoms. The van der Waals surface area contributed by atoms with E-state index in [2.05, 4.69) is 34.6 Å². The molecule has 1 aromatic heterocycles. The normalized spacial score (nSPS) is 16.0. The van der Waals surface area contributed by atoms with Crippen molar-refractivity contribution in [1.82, 2.24) is 4.98 Å². The van der Waals surface area contributed by atoms with E-state index in [1.165, 1.54) is 24.6 Å². The van der Waals surface area contributed by atoms with Crippen LogP contribution in [0.4, 0.5) is 5.82 Å². The lowest BCUT2D eigenvalue weighted by Gasteiger charge is -2.25. The topological polar surface area (TPSA) is 24.9 Å². The number of pyridine rings is 1. The molecule has 0 saturated heterocycles. The molecule has 0 atom stereocenters. The second-order valence-corrected chi connectivity index (χ2v) is 4.57. The van der Waals surface area contributed by atoms with Crippen molar-refractivity contribution in [2.75, 3.05) is 11.9 Å². The molecule has 0 radical (unpaired) electrons. The number of aromatic nitrogens is 1. The van der Waals surface area contributed by atoms with E-state index in [-0.39, 0.29) is 0 Å². The molecule has 1 aromatic carbocycles. The largest absolute Gasteiger partial charge is 0.370 e. The highest BCUT2D eigenvalue weighted by molar-refractivity contribution is 5.79. The highest BCUT2D eigenvalue weighted by atomic mass is 15.0. The quantitative estimate of drug-likeness (QED) is 0.843. The van der Waals surface area contributed by atoms with E-state index in [4.69, 9.17) is 0 Å². The molecule has 1 fully saturated rings. The molecule has 0 unspecified atom stereocenters. The van der Waals surface area contributed by atoms with Crippen molar-refractivity contribution in [3.05, 3.63) is 36.4 Å². The molecule has 0 amide bonds. The molecule has 2 aromatic rings. The van der Waals surface area contributed by atoms with Gasteiger partial charge in [0.25, 0.3) is 0 Å². The van der Waals surface area contributed by atoms with Gasteiger partial charge in [-0.15, -0.1) is 0 Å². The zero-order chi connectivity index (χ0) is 10.8. The first-order valence-corrected chi connectivity index (χ1v) is 6.01. The van der Waals surface area contributed by atoms with Gasteiger partial charge in [-0.2, -0.15) is 0 Å². The van der Waals surface area contributed by atoms with Crippen LogP contribution >= 0.6 is 0 Å². The third kappa shape index (κ3) is 1.87. The minimum Gasteiger partial charge on any atom is -0.370 e. The maximum Gasteiger partial charge on any atom is 0.126 e. The standard InChI is InChI=1S/C14H16N2/c1-2-7-13-12(6-1)8-9-14(16-13)15-10-11-4-3-5-11/h1-2,6-9,11H,3-5,10H2,(H,15,16). The summed E-state index contributed by atoms with van der Waals surface area (Å²) in [7, 11) is 0. The molecule has 2 heteroatoms. The van der Waals surface area contributed by atoms with E-state index in [1.807, 2.05) is 12.1 Å². The molecular formula is C14H16N2. The Bertz CT molecular complexity index is 489. The summed E-state index contributed by atoms with van der Waals surface area (Å²) in [5.74, 6) is 1.87. The van der Waals surface area contributed by atoms with Gasteiger partial charge in [-0.25, -0.2) is 4.98 Å². The van der Waals surface area contributed by atoms with Crippen molar-refractivity contribution in [2.24, 2.45) is 5.92 Å². The van der Waals surface area contributed by atoms with E-state index in [0.29, 0.717) is 0 Å². The molecule has 1 aliphatic carbocycles. The lowest BCUT2D eigenvalue weighted by molar-refractivity contribution is 0.333. The third-order valence-corrected chi connectivity index (χ3v) is 3.40. The summed E-state index contributed by atoms with van der Waals surface area (Å²) >= 11 is 0. The lowest BCUT2D eigenvalue weighted by Crippen LogP contribution is -2.21. The Hall–Kier alpha value is -1.57. The fraction of sp³-hybridized carbons (Fsp3) is 0.357. The lowest BCUT2D eigenvalue weighted by atomic mass is 9.85. The summed E-state index contributed by atoms with van der Waals surface area (Å²) < 4.78 is 0. The smallest absolute Gasteiger partial charge is 0.126 e. The van der Waals surface area contributed by atoms with Crippen LogP contribution in [0.5, 0.6) is 0 Å². The van der Waals surface area contributed by atoms with Crippen LogP contribution in [-0.4, -0.2) is 11.5 Å². The summed E-state index contributed by atoms with van der Waals surface area (Å²) in [6, 6.07) is 12.4. The Balaban J connectivity index is 1.76. The van der Waals surface area contributed by atoms with Crippen molar-refractivity contribution in [3.8, 4) is 0 Å². The Morgan fingerprint density at radius 3 is 2.81 bits per heavy atom. The Morgan fingerprint density at radius 1 is 1.12 bits per heavy atom. The van der Waals surface area contributed by atoms with Crippen molar-refractivity contribution in [1.29, 1.82) is 0 Å². The maximum absolute atomic E-state index is 4.59. The molecule has 1 heterocycles. The number of para-hydroxylation sites is 1. The number of hydrogen-bond acceptors (Lipinski definition) is 2. The van der Waals surface area contributed by atoms with Gasteiger partial charge < -0.3 is 5.32 Å². The van der Waals surface area contributed by atoms with E-state index >= 15 is 0 Å². The number of nitrogens with zero attached hydrogens (tertiary/aromatic N) is 1. The second kappa shape index (κ2) is 4.12. The third-order valence-electron chi connectivity index (χ3n) is 3.40. The monoisotopic (exact) mass is 212 g/mol. The van der Waals surface area contributed by atoms with E-state index < -0.39 is 0 Å². The van der Waals surface area contributed by atoms with Gasteiger partial charge >= 0.3 is 0 Å². The summed E-state index contributed by atoms with van der Waals surface area (Å²) in [5, 5.41) is 4.63. The van der Waals surface area contributed by atoms with Crippen LogP contribution < -0.4 is 5.32 Å². The van der Waals surface area contributed by atoms with Crippen molar-refractivity contribution in [2.45, 2.75) is 19.3 Å². The van der Waals surface area contributed by atoms with E-state index in [1.54, 1.807) is 0 Å². The molecule has 0 aliphatic heterocycles. The zero-order valence-corrected chi connectivity index (χ0v) is 9.32. The first kappa shape index (κ1) is 9.64. The predicted molar refractivity (Wildman–Crippen MR) is 67.6 cm³/mol. The number of rotatable bonds is 3. The van der Waals surface area contributed by atoms with Crippen LogP contribution in [0.1, 0.15) is 19.3 Å². The second-order valence-electron chi connectivity index (χ2n) is 4.57. The van der Waals surface area contributed by atoms with Gasteiger partial charge in [0.2, 0.25) is 0 Å². The predicted octanol–water partition coefficient (Wildman–Crippen LogP) is 3.45. The highest BCUT2D eigenvalue weighted by Gasteiger charge is 2.16. The summed E-state index contributed by atoms with van der Waals surface area (Å²) in [6.07, 6.45) is 4.15. The van der Waals surface area contributed by atoms with Crippen molar-refractivity contribution >= 4 is 16.7 Å². The average Bonchev–Trinajstić information content (AvgIpc) is 2.27. The molecule has 82 valence electrons. The molecule has 2 nitrogen and oxygen atoms in total. The first-order valence-electron chi connectivity index (χ1n) is 6.01. The summed E-state index contributed by atoms with van der Waals surface area (Å²) in [6.45, 7) is 1.07. The van der Waals surface area contributed by atoms with Gasteiger partial charge in [0.1, 0.15) is 5.82 Å². The first-order chi connectivity index (χ1) is 7.92. The van der Waals surface area contributed by atoms with Crippen LogP contribution in [-0.2, 0) is 0 Å². The van der Waals surface area contributed by atoms with Gasteiger partial charge in [0.15, 0.2) is 0 Å². The minimum atomic E-state index is 0.869. The van der Waals surface area contributed by atoms with Crippen molar-refractivity contribution < 1.29 is 0 Å². The Labute approximate surface area is 95.7 Å². The van der Waals surface area contributed by atoms with Crippen LogP contribution in [0.15, 0.2) is 36.4 Å². The molecule has 1 N–H and O–H groups in total. The maximum atomic E-state index is 4.59. The molecular weight excluding hydrogens is 196 g/mol. The zero-order valence-electron chi connectivity index (χ0n) is 9.32. The van der Waals surface area contributed by atoms with E-state index in [9.17, 15) is 0 Å². The van der Waals surface area contributed by atoms with Gasteiger partial charge in [-0.05, 0) is 37.0 Å². The number of benzene rings is 1. The SMILES string of the molecule is c1ccc2nc(NCC3CCC3)ccc2c1. The number of nitrogens with one attached hydrogen (secondary N) is 1. The number of hydrogen-bond donors (Lipinski definition) is 1. The van der Waals surface area contributed by atoms with Crippen molar-refractivity contribution in [3.63, 3.8) is 0 Å². The van der Waals surface area contributed by atoms with Gasteiger partial charge in [-0.1, -0.05) is 24.6 Å². The summed E-state index contributed by atoms with van der Waals surface area (Å²) in [4.78, 5) is 4.59. The average molecular weight is 212 g/mol. The van der Waals surface area contributed by atoms with Gasteiger partial charge in [0.05, 0.1) is 5.52 Å². The molecule has 1 aliphatic rings. The minimum absolute atomic E-state index is 0.869. The van der Waals surface area contributed by atoms with Crippen LogP contribution in [0, 0.1) is 5.92 Å². The van der Waals surface area contributed by atoms with E-state index in [0.717, 1.165) is 23.8 Å². The van der Waals surface area contributed by atoms with Gasteiger partial charge in [0, 0.05) is 11.9 Å². The molecule has 0 bridgehead atoms. The van der Waals surface area contributed by atoms with Crippen LogP contribution in [0.3, 0.4) is 0 Å². The van der Waals surface area contributed by atoms with Crippen LogP contribution in [0.25, 0.3) is 10.9 Å². The molecule has 1 saturated carbocycles. The van der Waals surface area contributed by atoms with Gasteiger partial charge in [-0.3, -0.25) is 0 Å². The molecule has 3 rings (SSSR count). The Morgan fingerprint density at radius 2 is 2.00 bits per heavy atom. The number of fused-ring (bicyclic) bond motifs is 1. The highest BCUT2D eigenvalue weighted by Crippen LogP contribution is 2.26. The Kier molecular flexibility index (Phi) is 2.49. The molecule has 0 spiro atoms.